The molecule has 0 fully saturated rings. The lowest BCUT2D eigenvalue weighted by atomic mass is 10.0. The van der Waals surface area contributed by atoms with Gasteiger partial charge in [-0.05, 0) is 24.7 Å². The van der Waals surface area contributed by atoms with Crippen LogP contribution in [0.4, 0.5) is 13.2 Å². The Labute approximate surface area is 108 Å². The molecule has 0 bridgehead atoms. The van der Waals surface area contributed by atoms with Crippen LogP contribution in [0.2, 0.25) is 0 Å². The Morgan fingerprint density at radius 2 is 2.00 bits per heavy atom. The first-order valence-corrected chi connectivity index (χ1v) is 5.62. The van der Waals surface area contributed by atoms with E-state index in [2.05, 4.69) is 15.3 Å². The highest BCUT2D eigenvalue weighted by Gasteiger charge is 2.31. The van der Waals surface area contributed by atoms with Gasteiger partial charge in [-0.3, -0.25) is 9.97 Å². The van der Waals surface area contributed by atoms with Crippen molar-refractivity contribution < 1.29 is 13.2 Å². The van der Waals surface area contributed by atoms with Gasteiger partial charge in [0.05, 0.1) is 23.5 Å². The Hall–Kier alpha value is -1.95. The molecule has 0 saturated carbocycles. The highest BCUT2D eigenvalue weighted by atomic mass is 19.4. The molecule has 1 aromatic carbocycles. The first-order chi connectivity index (χ1) is 9.02. The van der Waals surface area contributed by atoms with E-state index in [4.69, 9.17) is 0 Å². The van der Waals surface area contributed by atoms with E-state index < -0.39 is 17.8 Å². The van der Waals surface area contributed by atoms with Crippen molar-refractivity contribution in [3.63, 3.8) is 0 Å². The number of nitrogens with zero attached hydrogens (tertiary/aromatic N) is 2. The summed E-state index contributed by atoms with van der Waals surface area (Å²) in [6.07, 6.45) is 0.202. The standard InChI is InChI=1S/C13H12F3N3/c1-17-12(11-8-18-5-6-19-11)9-3-2-4-10(7-9)13(14,15)16/h2-8,12,17H,1H3. The molecule has 0 aliphatic carbocycles. The van der Waals surface area contributed by atoms with E-state index in [1.807, 2.05) is 0 Å². The molecule has 0 aliphatic heterocycles. The predicted molar refractivity (Wildman–Crippen MR) is 64.4 cm³/mol. The van der Waals surface area contributed by atoms with E-state index >= 15 is 0 Å². The minimum Gasteiger partial charge on any atom is -0.308 e. The molecular formula is C13H12F3N3. The van der Waals surface area contributed by atoms with E-state index in [-0.39, 0.29) is 0 Å². The van der Waals surface area contributed by atoms with Crippen molar-refractivity contribution in [3.05, 3.63) is 59.7 Å². The largest absolute Gasteiger partial charge is 0.416 e. The monoisotopic (exact) mass is 267 g/mol. The average Bonchev–Trinajstić information content (AvgIpc) is 2.40. The van der Waals surface area contributed by atoms with Crippen LogP contribution in [0, 0.1) is 0 Å². The zero-order valence-corrected chi connectivity index (χ0v) is 10.1. The molecule has 1 aromatic heterocycles. The number of hydrogen-bond acceptors (Lipinski definition) is 3. The fraction of sp³-hybridized carbons (Fsp3) is 0.231. The van der Waals surface area contributed by atoms with Crippen molar-refractivity contribution in [1.29, 1.82) is 0 Å². The molecule has 0 saturated heterocycles. The van der Waals surface area contributed by atoms with Crippen molar-refractivity contribution in [3.8, 4) is 0 Å². The van der Waals surface area contributed by atoms with Gasteiger partial charge in [0.2, 0.25) is 0 Å². The minimum absolute atomic E-state index is 0.420. The average molecular weight is 267 g/mol. The van der Waals surface area contributed by atoms with Crippen LogP contribution in [0.15, 0.2) is 42.9 Å². The summed E-state index contributed by atoms with van der Waals surface area (Å²) in [7, 11) is 1.67. The van der Waals surface area contributed by atoms with Gasteiger partial charge in [0.25, 0.3) is 0 Å². The molecule has 6 heteroatoms. The zero-order valence-electron chi connectivity index (χ0n) is 10.1. The third-order valence-corrected chi connectivity index (χ3v) is 2.71. The van der Waals surface area contributed by atoms with Crippen LogP contribution in [-0.2, 0) is 6.18 Å². The highest BCUT2D eigenvalue weighted by molar-refractivity contribution is 5.32. The summed E-state index contributed by atoms with van der Waals surface area (Å²) in [5, 5.41) is 2.94. The second-order valence-electron chi connectivity index (χ2n) is 3.98. The Bertz CT molecular complexity index is 540. The van der Waals surface area contributed by atoms with Crippen LogP contribution in [0.3, 0.4) is 0 Å². The number of benzene rings is 1. The van der Waals surface area contributed by atoms with Crippen molar-refractivity contribution >= 4 is 0 Å². The van der Waals surface area contributed by atoms with Gasteiger partial charge in [0.15, 0.2) is 0 Å². The van der Waals surface area contributed by atoms with E-state index in [1.165, 1.54) is 24.7 Å². The van der Waals surface area contributed by atoms with E-state index in [9.17, 15) is 13.2 Å². The third-order valence-electron chi connectivity index (χ3n) is 2.71. The van der Waals surface area contributed by atoms with Crippen molar-refractivity contribution in [2.75, 3.05) is 7.05 Å². The summed E-state index contributed by atoms with van der Waals surface area (Å²) < 4.78 is 38.1. The van der Waals surface area contributed by atoms with Crippen LogP contribution in [0.5, 0.6) is 0 Å². The van der Waals surface area contributed by atoms with E-state index in [0.29, 0.717) is 11.3 Å². The van der Waals surface area contributed by atoms with Crippen molar-refractivity contribution in [1.82, 2.24) is 15.3 Å². The molecule has 19 heavy (non-hydrogen) atoms. The van der Waals surface area contributed by atoms with Crippen molar-refractivity contribution in [2.24, 2.45) is 0 Å². The number of hydrogen-bond donors (Lipinski definition) is 1. The first kappa shape index (κ1) is 13.5. The number of halogens is 3. The number of rotatable bonds is 3. The molecule has 3 nitrogen and oxygen atoms in total. The quantitative estimate of drug-likeness (QED) is 0.929. The number of nitrogens with one attached hydrogen (secondary N) is 1. The first-order valence-electron chi connectivity index (χ1n) is 5.62. The zero-order chi connectivity index (χ0) is 13.9. The minimum atomic E-state index is -4.35. The van der Waals surface area contributed by atoms with Gasteiger partial charge in [-0.2, -0.15) is 13.2 Å². The summed E-state index contributed by atoms with van der Waals surface area (Å²) >= 11 is 0. The summed E-state index contributed by atoms with van der Waals surface area (Å²) in [6.45, 7) is 0. The molecule has 1 heterocycles. The number of aromatic nitrogens is 2. The molecule has 0 amide bonds. The molecule has 0 spiro atoms. The van der Waals surface area contributed by atoms with Gasteiger partial charge in [-0.15, -0.1) is 0 Å². The van der Waals surface area contributed by atoms with Crippen LogP contribution < -0.4 is 5.32 Å². The molecule has 1 unspecified atom stereocenters. The second-order valence-corrected chi connectivity index (χ2v) is 3.98. The lowest BCUT2D eigenvalue weighted by Crippen LogP contribution is -2.19. The van der Waals surface area contributed by atoms with Gasteiger partial charge in [0.1, 0.15) is 0 Å². The topological polar surface area (TPSA) is 37.8 Å². The SMILES string of the molecule is CNC(c1cccc(C(F)(F)F)c1)c1cnccn1. The van der Waals surface area contributed by atoms with Gasteiger partial charge >= 0.3 is 6.18 Å². The Kier molecular flexibility index (Phi) is 3.80. The fourth-order valence-corrected chi connectivity index (χ4v) is 1.84. The molecule has 0 aliphatic rings. The number of alkyl halides is 3. The maximum Gasteiger partial charge on any atom is 0.416 e. The van der Waals surface area contributed by atoms with Crippen LogP contribution >= 0.6 is 0 Å². The lowest BCUT2D eigenvalue weighted by molar-refractivity contribution is -0.137. The fourth-order valence-electron chi connectivity index (χ4n) is 1.84. The third kappa shape index (κ3) is 3.08. The second kappa shape index (κ2) is 5.36. The Morgan fingerprint density at radius 3 is 2.58 bits per heavy atom. The summed E-state index contributed by atoms with van der Waals surface area (Å²) in [4.78, 5) is 8.04. The van der Waals surface area contributed by atoms with E-state index in [0.717, 1.165) is 12.1 Å². The van der Waals surface area contributed by atoms with Gasteiger partial charge in [-0.1, -0.05) is 12.1 Å². The molecule has 0 radical (unpaired) electrons. The van der Waals surface area contributed by atoms with Crippen LogP contribution in [0.1, 0.15) is 22.9 Å². The Balaban J connectivity index is 2.40. The van der Waals surface area contributed by atoms with Crippen molar-refractivity contribution in [2.45, 2.75) is 12.2 Å². The molecular weight excluding hydrogens is 255 g/mol. The smallest absolute Gasteiger partial charge is 0.308 e. The predicted octanol–water partition coefficient (Wildman–Crippen LogP) is 2.80. The summed E-state index contributed by atoms with van der Waals surface area (Å²) in [5.74, 6) is 0. The molecule has 2 aromatic rings. The molecule has 100 valence electrons. The molecule has 1 atom stereocenters. The summed E-state index contributed by atoms with van der Waals surface area (Å²) in [6, 6.07) is 4.77. The van der Waals surface area contributed by atoms with Gasteiger partial charge < -0.3 is 5.32 Å². The van der Waals surface area contributed by atoms with E-state index in [1.54, 1.807) is 13.1 Å². The molecule has 1 N–H and O–H groups in total. The Morgan fingerprint density at radius 1 is 1.21 bits per heavy atom. The maximum absolute atomic E-state index is 12.7. The highest BCUT2D eigenvalue weighted by Crippen LogP contribution is 2.31. The van der Waals surface area contributed by atoms with Crippen LogP contribution in [-0.4, -0.2) is 17.0 Å². The van der Waals surface area contributed by atoms with Gasteiger partial charge in [0, 0.05) is 12.4 Å². The summed E-state index contributed by atoms with van der Waals surface area (Å²) in [5.41, 5.74) is 0.399. The van der Waals surface area contributed by atoms with Gasteiger partial charge in [-0.25, -0.2) is 0 Å². The normalized spacial score (nSPS) is 13.3. The van der Waals surface area contributed by atoms with Crippen LogP contribution in [0.25, 0.3) is 0 Å². The molecule has 2 rings (SSSR count). The maximum atomic E-state index is 12.7. The lowest BCUT2D eigenvalue weighted by Gasteiger charge is -2.17.